The third-order valence-electron chi connectivity index (χ3n) is 1.76. The van der Waals surface area contributed by atoms with Gasteiger partial charge in [-0.3, -0.25) is 9.59 Å². The van der Waals surface area contributed by atoms with Crippen molar-refractivity contribution >= 4 is 11.8 Å². The summed E-state index contributed by atoms with van der Waals surface area (Å²) in [6, 6.07) is 0. The fourth-order valence-corrected chi connectivity index (χ4v) is 1.11. The number of ether oxygens (including phenoxy) is 2. The molecule has 4 heteroatoms. The Morgan fingerprint density at radius 1 is 1.73 bits per heavy atom. The molecule has 4 nitrogen and oxygen atoms in total. The molecular formula is C7H10O4. The maximum Gasteiger partial charge on any atom is 0.318 e. The van der Waals surface area contributed by atoms with Gasteiger partial charge in [0.25, 0.3) is 0 Å². The highest BCUT2D eigenvalue weighted by Gasteiger charge is 2.39. The Labute approximate surface area is 64.5 Å². The summed E-state index contributed by atoms with van der Waals surface area (Å²) in [6.45, 7) is 1.72. The SMILES string of the molecule is COC(=O)[C@@H]1C(=O)CO[C@@H]1C. The molecule has 0 bridgehead atoms. The number of ketones is 1. The van der Waals surface area contributed by atoms with Crippen LogP contribution in [-0.4, -0.2) is 31.6 Å². The lowest BCUT2D eigenvalue weighted by molar-refractivity contribution is -0.149. The monoisotopic (exact) mass is 158 g/mol. The van der Waals surface area contributed by atoms with Crippen molar-refractivity contribution in [1.82, 2.24) is 0 Å². The Bertz CT molecular complexity index is 187. The van der Waals surface area contributed by atoms with Gasteiger partial charge in [0, 0.05) is 0 Å². The predicted octanol–water partition coefficient (Wildman–Crippen LogP) is -0.237. The van der Waals surface area contributed by atoms with Crippen LogP contribution in [0.4, 0.5) is 0 Å². The van der Waals surface area contributed by atoms with Crippen LogP contribution < -0.4 is 0 Å². The van der Waals surface area contributed by atoms with E-state index in [4.69, 9.17) is 4.74 Å². The Morgan fingerprint density at radius 2 is 2.36 bits per heavy atom. The second kappa shape index (κ2) is 3.00. The summed E-state index contributed by atoms with van der Waals surface area (Å²) in [4.78, 5) is 21.9. The molecule has 11 heavy (non-hydrogen) atoms. The summed E-state index contributed by atoms with van der Waals surface area (Å²) < 4.78 is 9.39. The van der Waals surface area contributed by atoms with Gasteiger partial charge in [-0.1, -0.05) is 0 Å². The van der Waals surface area contributed by atoms with Crippen molar-refractivity contribution in [2.45, 2.75) is 13.0 Å². The minimum absolute atomic E-state index is 0.0287. The number of rotatable bonds is 1. The normalized spacial score (nSPS) is 30.5. The smallest absolute Gasteiger partial charge is 0.318 e. The molecule has 0 N–H and O–H groups in total. The van der Waals surface area contributed by atoms with Gasteiger partial charge >= 0.3 is 5.97 Å². The second-order valence-corrected chi connectivity index (χ2v) is 2.48. The molecule has 0 unspecified atom stereocenters. The van der Waals surface area contributed by atoms with Crippen LogP contribution in [0, 0.1) is 5.92 Å². The molecule has 0 aromatic rings. The van der Waals surface area contributed by atoms with E-state index in [2.05, 4.69) is 4.74 Å². The average molecular weight is 158 g/mol. The molecule has 0 amide bonds. The molecule has 1 rings (SSSR count). The first kappa shape index (κ1) is 8.20. The lowest BCUT2D eigenvalue weighted by Crippen LogP contribution is -2.28. The Kier molecular flexibility index (Phi) is 2.24. The summed E-state index contributed by atoms with van der Waals surface area (Å²) in [5.74, 6) is -1.40. The Balaban J connectivity index is 2.68. The van der Waals surface area contributed by atoms with E-state index in [0.717, 1.165) is 0 Å². The number of carbonyl (C=O) groups is 2. The van der Waals surface area contributed by atoms with Gasteiger partial charge in [0.1, 0.15) is 12.5 Å². The van der Waals surface area contributed by atoms with Crippen LogP contribution in [0.3, 0.4) is 0 Å². The number of esters is 1. The van der Waals surface area contributed by atoms with Crippen LogP contribution >= 0.6 is 0 Å². The predicted molar refractivity (Wildman–Crippen MR) is 35.9 cm³/mol. The molecule has 0 spiro atoms. The molecule has 62 valence electrons. The molecule has 0 aliphatic carbocycles. The van der Waals surface area contributed by atoms with Crippen LogP contribution in [0.5, 0.6) is 0 Å². The van der Waals surface area contributed by atoms with Crippen LogP contribution in [-0.2, 0) is 19.1 Å². The average Bonchev–Trinajstić information content (AvgIpc) is 2.30. The maximum absolute atomic E-state index is 11.0. The highest BCUT2D eigenvalue weighted by molar-refractivity contribution is 6.01. The molecule has 1 aliphatic rings. The third kappa shape index (κ3) is 1.40. The van der Waals surface area contributed by atoms with Crippen molar-refractivity contribution in [3.63, 3.8) is 0 Å². The zero-order chi connectivity index (χ0) is 8.43. The first-order valence-electron chi connectivity index (χ1n) is 3.39. The van der Waals surface area contributed by atoms with Crippen molar-refractivity contribution in [3.8, 4) is 0 Å². The lowest BCUT2D eigenvalue weighted by atomic mass is 10.0. The highest BCUT2D eigenvalue weighted by Crippen LogP contribution is 2.18. The first-order valence-corrected chi connectivity index (χ1v) is 3.39. The molecule has 2 atom stereocenters. The molecule has 1 fully saturated rings. The Hall–Kier alpha value is -0.900. The molecule has 1 aliphatic heterocycles. The van der Waals surface area contributed by atoms with E-state index in [0.29, 0.717) is 0 Å². The summed E-state index contributed by atoms with van der Waals surface area (Å²) in [7, 11) is 1.26. The number of hydrogen-bond donors (Lipinski definition) is 0. The highest BCUT2D eigenvalue weighted by atomic mass is 16.5. The zero-order valence-electron chi connectivity index (χ0n) is 6.49. The molecule has 0 aromatic heterocycles. The second-order valence-electron chi connectivity index (χ2n) is 2.48. The number of methoxy groups -OCH3 is 1. The molecule has 0 saturated carbocycles. The van der Waals surface area contributed by atoms with Crippen LogP contribution in [0.2, 0.25) is 0 Å². The maximum atomic E-state index is 11.0. The quantitative estimate of drug-likeness (QED) is 0.390. The summed E-state index contributed by atoms with van der Waals surface area (Å²) >= 11 is 0. The van der Waals surface area contributed by atoms with E-state index in [1.165, 1.54) is 7.11 Å². The molecule has 0 radical (unpaired) electrons. The van der Waals surface area contributed by atoms with E-state index >= 15 is 0 Å². The minimum Gasteiger partial charge on any atom is -0.468 e. The van der Waals surface area contributed by atoms with Gasteiger partial charge in [-0.2, -0.15) is 0 Å². The fraction of sp³-hybridized carbons (Fsp3) is 0.714. The van der Waals surface area contributed by atoms with Crippen molar-refractivity contribution in [2.24, 2.45) is 5.92 Å². The topological polar surface area (TPSA) is 52.6 Å². The van der Waals surface area contributed by atoms with Gasteiger partial charge in [-0.15, -0.1) is 0 Å². The van der Waals surface area contributed by atoms with E-state index in [-0.39, 0.29) is 18.5 Å². The van der Waals surface area contributed by atoms with Gasteiger partial charge in [0.05, 0.1) is 13.2 Å². The molecule has 0 aromatic carbocycles. The minimum atomic E-state index is -0.708. The summed E-state index contributed by atoms with van der Waals surface area (Å²) in [5, 5.41) is 0. The van der Waals surface area contributed by atoms with Crippen molar-refractivity contribution in [3.05, 3.63) is 0 Å². The number of Topliss-reactive ketones (excluding diaryl/α,β-unsaturated/α-hetero) is 1. The summed E-state index contributed by atoms with van der Waals surface area (Å²) in [6.07, 6.45) is -0.338. The van der Waals surface area contributed by atoms with Gasteiger partial charge in [-0.25, -0.2) is 0 Å². The third-order valence-corrected chi connectivity index (χ3v) is 1.76. The van der Waals surface area contributed by atoms with Gasteiger partial charge in [0.15, 0.2) is 5.78 Å². The van der Waals surface area contributed by atoms with E-state index in [9.17, 15) is 9.59 Å². The standard InChI is InChI=1S/C7H10O4/c1-4-6(7(9)10-2)5(8)3-11-4/h4,6H,3H2,1-2H3/t4-,6+/m1/s1. The molecule has 1 saturated heterocycles. The zero-order valence-corrected chi connectivity index (χ0v) is 6.49. The van der Waals surface area contributed by atoms with E-state index in [1.807, 2.05) is 0 Å². The van der Waals surface area contributed by atoms with E-state index in [1.54, 1.807) is 6.92 Å². The number of hydrogen-bond acceptors (Lipinski definition) is 4. The van der Waals surface area contributed by atoms with Crippen LogP contribution in [0.1, 0.15) is 6.92 Å². The lowest BCUT2D eigenvalue weighted by Gasteiger charge is -2.08. The molecule has 1 heterocycles. The first-order chi connectivity index (χ1) is 5.16. The van der Waals surface area contributed by atoms with E-state index < -0.39 is 11.9 Å². The van der Waals surface area contributed by atoms with Crippen molar-refractivity contribution < 1.29 is 19.1 Å². The van der Waals surface area contributed by atoms with Crippen molar-refractivity contribution in [1.29, 1.82) is 0 Å². The van der Waals surface area contributed by atoms with Crippen LogP contribution in [0.15, 0.2) is 0 Å². The van der Waals surface area contributed by atoms with Crippen LogP contribution in [0.25, 0.3) is 0 Å². The fourth-order valence-electron chi connectivity index (χ4n) is 1.11. The van der Waals surface area contributed by atoms with Crippen molar-refractivity contribution in [2.75, 3.05) is 13.7 Å². The largest absolute Gasteiger partial charge is 0.468 e. The number of carbonyl (C=O) groups excluding carboxylic acids is 2. The van der Waals surface area contributed by atoms with Gasteiger partial charge in [0.2, 0.25) is 0 Å². The summed E-state index contributed by atoms with van der Waals surface area (Å²) in [5.41, 5.74) is 0. The Morgan fingerprint density at radius 3 is 2.73 bits per heavy atom. The van der Waals surface area contributed by atoms with Gasteiger partial charge < -0.3 is 9.47 Å². The molecular weight excluding hydrogens is 148 g/mol. The van der Waals surface area contributed by atoms with Gasteiger partial charge in [-0.05, 0) is 6.92 Å².